The molecule has 0 fully saturated rings. The Hall–Kier alpha value is -8.08. The normalized spacial score (nSPS) is 11.9. The molecule has 20 heteroatoms. The molecule has 0 atom stereocenters. The van der Waals surface area contributed by atoms with Gasteiger partial charge in [0, 0.05) is 11.8 Å². The molecule has 6 rings (SSSR count). The Labute approximate surface area is 461 Å². The van der Waals surface area contributed by atoms with Crippen LogP contribution in [0, 0.1) is 11.3 Å². The summed E-state index contributed by atoms with van der Waals surface area (Å²) in [5.41, 5.74) is 0.654. The van der Waals surface area contributed by atoms with Crippen LogP contribution in [0.2, 0.25) is 0 Å². The van der Waals surface area contributed by atoms with Crippen molar-refractivity contribution in [1.29, 1.82) is 5.26 Å². The first-order valence-electron chi connectivity index (χ1n) is 26.4. The summed E-state index contributed by atoms with van der Waals surface area (Å²) in [7, 11) is 0. The maximum absolute atomic E-state index is 13.7. The van der Waals surface area contributed by atoms with Crippen molar-refractivity contribution < 1.29 is 87.1 Å². The second kappa shape index (κ2) is 28.9. The summed E-state index contributed by atoms with van der Waals surface area (Å²) < 4.78 is 151. The number of unbranched alkanes of at least 4 members (excludes halogenated alkanes) is 12. The van der Waals surface area contributed by atoms with E-state index in [4.69, 9.17) is 28.4 Å². The van der Waals surface area contributed by atoms with Crippen molar-refractivity contribution in [2.45, 2.75) is 127 Å². The number of halogens is 9. The van der Waals surface area contributed by atoms with Crippen LogP contribution in [0.4, 0.5) is 39.5 Å². The number of rotatable bonds is 30. The molecule has 0 aromatic heterocycles. The van der Waals surface area contributed by atoms with Crippen molar-refractivity contribution >= 4 is 34.6 Å². The first kappa shape index (κ1) is 62.1. The van der Waals surface area contributed by atoms with Gasteiger partial charge < -0.3 is 28.4 Å². The van der Waals surface area contributed by atoms with Gasteiger partial charge in [0.15, 0.2) is 0 Å². The number of carbonyl (C=O) groups excluding carboxylic acids is 4. The van der Waals surface area contributed by atoms with Gasteiger partial charge in [-0.05, 0) is 140 Å². The number of benzene rings is 6. The van der Waals surface area contributed by atoms with E-state index >= 15 is 0 Å². The SMILES string of the molecule is CCCCCCCCCCOc1ccc(C(=O)Oc2ccc(C(=O)Oc3ccc4ccc(OC(=O)c5ccc(OC(=O)c6ccc(OCCCCCCCCC(F)(F)C(F)(F)C(F)(F)C(F)(F)F)cc6)cc5)c(C#N)c4c3)cc2)cc1. The summed E-state index contributed by atoms with van der Waals surface area (Å²) in [6.07, 6.45) is 1.73. The van der Waals surface area contributed by atoms with Gasteiger partial charge in [0.2, 0.25) is 0 Å². The zero-order valence-electron chi connectivity index (χ0n) is 44.1. The standard InChI is InChI=1S/C61H58F9NO10/c1-2-3-4-5-6-8-11-14-37-76-46-26-17-42(18-27-46)54(72)78-48-30-21-44(22-31-48)56(74)80-50-34-16-41-25-35-53(52(40-71)51(41)39-50)81-57(75)45-23-32-49(33-24-45)79-55(73)43-19-28-47(29-20-43)77-38-15-12-9-7-10-13-36-58(62,63)59(64,65)60(66,67)61(68,69)70/h16-35,39H,2-15,36-38H2,1H3. The topological polar surface area (TPSA) is 147 Å². The molecule has 430 valence electrons. The van der Waals surface area contributed by atoms with E-state index in [1.54, 1.807) is 36.4 Å². The molecule has 0 unspecified atom stereocenters. The van der Waals surface area contributed by atoms with Crippen LogP contribution in [0.3, 0.4) is 0 Å². The van der Waals surface area contributed by atoms with Crippen molar-refractivity contribution in [3.63, 3.8) is 0 Å². The van der Waals surface area contributed by atoms with E-state index in [0.717, 1.165) is 12.8 Å². The third-order valence-corrected chi connectivity index (χ3v) is 12.9. The molecule has 0 amide bonds. The Morgan fingerprint density at radius 1 is 0.420 bits per heavy atom. The van der Waals surface area contributed by atoms with Crippen LogP contribution in [-0.2, 0) is 0 Å². The quantitative estimate of drug-likeness (QED) is 0.0184. The average molecular weight is 1140 g/mol. The average Bonchev–Trinajstić information content (AvgIpc) is 3.17. The summed E-state index contributed by atoms with van der Waals surface area (Å²) in [6.45, 7) is 3.00. The second-order valence-electron chi connectivity index (χ2n) is 19.0. The molecule has 0 N–H and O–H groups in total. The summed E-state index contributed by atoms with van der Waals surface area (Å²) in [4.78, 5) is 52.2. The number of nitriles is 1. The smallest absolute Gasteiger partial charge is 0.460 e. The maximum atomic E-state index is 13.7. The lowest BCUT2D eigenvalue weighted by Crippen LogP contribution is -2.60. The number of fused-ring (bicyclic) bond motifs is 1. The third-order valence-electron chi connectivity index (χ3n) is 12.9. The molecule has 0 radical (unpaired) electrons. The van der Waals surface area contributed by atoms with Crippen molar-refractivity contribution in [2.24, 2.45) is 0 Å². The van der Waals surface area contributed by atoms with Crippen molar-refractivity contribution in [3.05, 3.63) is 155 Å². The molecule has 6 aromatic carbocycles. The van der Waals surface area contributed by atoms with Gasteiger partial charge in [-0.3, -0.25) is 0 Å². The first-order chi connectivity index (χ1) is 38.6. The van der Waals surface area contributed by atoms with E-state index < -0.39 is 60.7 Å². The lowest BCUT2D eigenvalue weighted by molar-refractivity contribution is -0.396. The molecule has 11 nitrogen and oxygen atoms in total. The largest absolute Gasteiger partial charge is 0.494 e. The molecule has 0 saturated carbocycles. The Kier molecular flexibility index (Phi) is 22.1. The molecule has 0 saturated heterocycles. The van der Waals surface area contributed by atoms with E-state index in [0.29, 0.717) is 53.7 Å². The highest BCUT2D eigenvalue weighted by molar-refractivity contribution is 5.97. The van der Waals surface area contributed by atoms with Crippen LogP contribution in [0.25, 0.3) is 10.8 Å². The van der Waals surface area contributed by atoms with E-state index in [1.165, 1.54) is 130 Å². The maximum Gasteiger partial charge on any atom is 0.460 e. The molecular formula is C61H58F9NO10. The van der Waals surface area contributed by atoms with Gasteiger partial charge in [-0.1, -0.05) is 89.7 Å². The lowest BCUT2D eigenvalue weighted by atomic mass is 9.98. The van der Waals surface area contributed by atoms with Crippen LogP contribution in [-0.4, -0.2) is 61.0 Å². The fourth-order valence-corrected chi connectivity index (χ4v) is 8.23. The second-order valence-corrected chi connectivity index (χ2v) is 19.0. The number of nitrogens with zero attached hydrogens (tertiary/aromatic N) is 1. The molecular weight excluding hydrogens is 1080 g/mol. The summed E-state index contributed by atoms with van der Waals surface area (Å²) in [5.74, 6) is -20.6. The van der Waals surface area contributed by atoms with Crippen LogP contribution < -0.4 is 28.4 Å². The van der Waals surface area contributed by atoms with Gasteiger partial charge in [0.25, 0.3) is 0 Å². The molecule has 0 aliphatic carbocycles. The van der Waals surface area contributed by atoms with E-state index in [9.17, 15) is 64.0 Å². The predicted molar refractivity (Wildman–Crippen MR) is 281 cm³/mol. The highest BCUT2D eigenvalue weighted by Gasteiger charge is 2.81. The number of carbonyl (C=O) groups is 4. The fraction of sp³-hybridized carbons (Fsp3) is 0.361. The molecule has 0 aliphatic rings. The molecule has 0 spiro atoms. The Morgan fingerprint density at radius 2 is 0.778 bits per heavy atom. The van der Waals surface area contributed by atoms with Gasteiger partial charge in [-0.2, -0.15) is 44.8 Å². The minimum absolute atomic E-state index is 0.0167. The molecule has 81 heavy (non-hydrogen) atoms. The van der Waals surface area contributed by atoms with Gasteiger partial charge in [-0.15, -0.1) is 0 Å². The number of ether oxygens (including phenoxy) is 6. The lowest BCUT2D eigenvalue weighted by Gasteiger charge is -2.33. The number of alkyl halides is 9. The molecule has 6 aromatic rings. The summed E-state index contributed by atoms with van der Waals surface area (Å²) in [6, 6.07) is 33.5. The molecule has 0 aliphatic heterocycles. The third kappa shape index (κ3) is 17.2. The highest BCUT2D eigenvalue weighted by Crippen LogP contribution is 2.54. The summed E-state index contributed by atoms with van der Waals surface area (Å²) in [5, 5.41) is 11.1. The van der Waals surface area contributed by atoms with Crippen molar-refractivity contribution in [2.75, 3.05) is 13.2 Å². The van der Waals surface area contributed by atoms with E-state index in [2.05, 4.69) is 6.92 Å². The Balaban J connectivity index is 0.910. The fourth-order valence-electron chi connectivity index (χ4n) is 8.23. The number of hydrogen-bond acceptors (Lipinski definition) is 11. The van der Waals surface area contributed by atoms with Crippen LogP contribution in [0.1, 0.15) is 150 Å². The van der Waals surface area contributed by atoms with Gasteiger partial charge >= 0.3 is 47.8 Å². The van der Waals surface area contributed by atoms with Gasteiger partial charge in [-0.25, -0.2) is 19.2 Å². The zero-order valence-corrected chi connectivity index (χ0v) is 44.1. The van der Waals surface area contributed by atoms with Gasteiger partial charge in [0.1, 0.15) is 46.1 Å². The predicted octanol–water partition coefficient (Wildman–Crippen LogP) is 16.7. The van der Waals surface area contributed by atoms with Crippen molar-refractivity contribution in [3.8, 4) is 40.6 Å². The zero-order chi connectivity index (χ0) is 58.6. The van der Waals surface area contributed by atoms with Crippen LogP contribution >= 0.6 is 0 Å². The Morgan fingerprint density at radius 3 is 1.20 bits per heavy atom. The Bertz CT molecular complexity index is 3090. The van der Waals surface area contributed by atoms with Gasteiger partial charge in [0.05, 0.1) is 35.5 Å². The summed E-state index contributed by atoms with van der Waals surface area (Å²) >= 11 is 0. The monoisotopic (exact) mass is 1140 g/mol. The van der Waals surface area contributed by atoms with E-state index in [-0.39, 0.29) is 64.7 Å². The van der Waals surface area contributed by atoms with Crippen molar-refractivity contribution in [1.82, 2.24) is 0 Å². The van der Waals surface area contributed by atoms with Crippen LogP contribution in [0.5, 0.6) is 34.5 Å². The minimum atomic E-state index is -6.89. The first-order valence-corrected chi connectivity index (χ1v) is 26.4. The minimum Gasteiger partial charge on any atom is -0.494 e. The number of esters is 4. The van der Waals surface area contributed by atoms with Crippen LogP contribution in [0.15, 0.2) is 127 Å². The molecule has 0 heterocycles. The number of hydrogen-bond donors (Lipinski definition) is 0. The molecule has 0 bridgehead atoms. The van der Waals surface area contributed by atoms with E-state index in [1.807, 2.05) is 6.07 Å². The highest BCUT2D eigenvalue weighted by atomic mass is 19.4.